The molecular weight excluding hydrogens is 680 g/mol. The number of carbonyl (C=O) groups is 1. The van der Waals surface area contributed by atoms with Crippen LogP contribution in [0.25, 0.3) is 0 Å². The topological polar surface area (TPSA) is 92.7 Å². The van der Waals surface area contributed by atoms with Gasteiger partial charge in [-0.1, -0.05) is 159 Å². The molecule has 5 rings (SSSR count). The minimum Gasteiger partial charge on any atom is -0.469 e. The van der Waals surface area contributed by atoms with E-state index in [2.05, 4.69) is 36.4 Å². The molecule has 8 heteroatoms. The molecule has 8 nitrogen and oxygen atoms in total. The molecule has 5 aromatic rings. The average Bonchev–Trinajstić information content (AvgIpc) is 3.23. The van der Waals surface area contributed by atoms with Crippen molar-refractivity contribution in [3.05, 3.63) is 179 Å². The Balaban J connectivity index is 1.48. The first-order valence-electron chi connectivity index (χ1n) is 18.5. The summed E-state index contributed by atoms with van der Waals surface area (Å²) in [6, 6.07) is 50.1. The standard InChI is InChI=1S/C46H52O8/c1-35(32-54-46(38-24-13-6-14-25-38,39-26-15-7-16-27-39)40-28-17-8-18-29-40)43(52-33-36-20-9-4-10-21-36)42(48)44(53-34-37-22-11-5-12-23-37)45(50-3)51-31-19-30-41(47)49-2/h4-18,20-29,35,42-45,48H,19,30-34H2,1-3H3. The molecule has 54 heavy (non-hydrogen) atoms. The smallest absolute Gasteiger partial charge is 0.305 e. The molecule has 0 bridgehead atoms. The van der Waals surface area contributed by atoms with Crippen molar-refractivity contribution in [3.63, 3.8) is 0 Å². The summed E-state index contributed by atoms with van der Waals surface area (Å²) in [6.45, 7) is 2.85. The Labute approximate surface area is 319 Å². The minimum atomic E-state index is -1.22. The highest BCUT2D eigenvalue weighted by molar-refractivity contribution is 5.69. The Morgan fingerprint density at radius 2 is 1.04 bits per heavy atom. The highest BCUT2D eigenvalue weighted by atomic mass is 16.7. The molecule has 0 spiro atoms. The molecule has 0 saturated heterocycles. The van der Waals surface area contributed by atoms with Crippen molar-refractivity contribution in [1.29, 1.82) is 0 Å². The van der Waals surface area contributed by atoms with Crippen LogP contribution in [-0.4, -0.2) is 63.1 Å². The molecule has 0 radical (unpaired) electrons. The van der Waals surface area contributed by atoms with E-state index in [9.17, 15) is 9.90 Å². The fourth-order valence-corrected chi connectivity index (χ4v) is 6.59. The van der Waals surface area contributed by atoms with Gasteiger partial charge in [-0.2, -0.15) is 0 Å². The zero-order valence-electron chi connectivity index (χ0n) is 31.4. The Kier molecular flexibility index (Phi) is 16.0. The third-order valence-electron chi connectivity index (χ3n) is 9.44. The summed E-state index contributed by atoms with van der Waals surface area (Å²) in [5.74, 6) is -0.691. The molecule has 5 unspecified atom stereocenters. The number of hydrogen-bond acceptors (Lipinski definition) is 8. The number of methoxy groups -OCH3 is 2. The van der Waals surface area contributed by atoms with Gasteiger partial charge in [-0.3, -0.25) is 4.79 Å². The number of benzene rings is 5. The summed E-state index contributed by atoms with van der Waals surface area (Å²) in [4.78, 5) is 11.8. The van der Waals surface area contributed by atoms with Gasteiger partial charge in [0, 0.05) is 19.4 Å². The molecule has 0 amide bonds. The monoisotopic (exact) mass is 732 g/mol. The number of esters is 1. The SMILES string of the molecule is COC(=O)CCCOC(OC)C(OCc1ccccc1)C(O)C(OCc1ccccc1)C(C)COC(c1ccccc1)(c1ccccc1)c1ccccc1. The van der Waals surface area contributed by atoms with Crippen molar-refractivity contribution in [1.82, 2.24) is 0 Å². The van der Waals surface area contributed by atoms with Gasteiger partial charge in [-0.15, -0.1) is 0 Å². The van der Waals surface area contributed by atoms with E-state index in [4.69, 9.17) is 28.4 Å². The highest BCUT2D eigenvalue weighted by Gasteiger charge is 2.42. The second-order valence-electron chi connectivity index (χ2n) is 13.2. The molecule has 5 aromatic carbocycles. The first kappa shape index (κ1) is 40.5. The zero-order valence-corrected chi connectivity index (χ0v) is 31.4. The maximum absolute atomic E-state index is 12.4. The average molecular weight is 733 g/mol. The van der Waals surface area contributed by atoms with E-state index in [1.165, 1.54) is 14.2 Å². The predicted molar refractivity (Wildman–Crippen MR) is 208 cm³/mol. The van der Waals surface area contributed by atoms with Crippen LogP contribution in [0.5, 0.6) is 0 Å². The number of ether oxygens (including phenoxy) is 6. The lowest BCUT2D eigenvalue weighted by Crippen LogP contribution is -2.51. The molecule has 0 fully saturated rings. The van der Waals surface area contributed by atoms with E-state index in [0.29, 0.717) is 6.42 Å². The molecule has 0 saturated carbocycles. The molecule has 5 atom stereocenters. The van der Waals surface area contributed by atoms with Gasteiger partial charge in [-0.25, -0.2) is 0 Å². The largest absolute Gasteiger partial charge is 0.469 e. The Bertz CT molecular complexity index is 1660. The number of aliphatic hydroxyl groups is 1. The van der Waals surface area contributed by atoms with Gasteiger partial charge < -0.3 is 33.5 Å². The first-order chi connectivity index (χ1) is 26.5. The molecule has 284 valence electrons. The van der Waals surface area contributed by atoms with Crippen molar-refractivity contribution in [3.8, 4) is 0 Å². The normalized spacial score (nSPS) is 14.4. The predicted octanol–water partition coefficient (Wildman–Crippen LogP) is 8.11. The van der Waals surface area contributed by atoms with Crippen molar-refractivity contribution in [2.75, 3.05) is 27.4 Å². The van der Waals surface area contributed by atoms with Crippen LogP contribution in [0.3, 0.4) is 0 Å². The van der Waals surface area contributed by atoms with Crippen LogP contribution in [0.15, 0.2) is 152 Å². The summed E-state index contributed by atoms with van der Waals surface area (Å²) in [5.41, 5.74) is 3.83. The molecule has 1 N–H and O–H groups in total. The summed E-state index contributed by atoms with van der Waals surface area (Å²) in [6.07, 6.45) is -3.36. The summed E-state index contributed by atoms with van der Waals surface area (Å²) >= 11 is 0. The van der Waals surface area contributed by atoms with Gasteiger partial charge in [0.2, 0.25) is 0 Å². The molecule has 0 heterocycles. The van der Waals surface area contributed by atoms with E-state index in [1.807, 2.05) is 122 Å². The molecule has 0 aliphatic heterocycles. The molecule has 0 aliphatic rings. The summed E-state index contributed by atoms with van der Waals surface area (Å²) in [5, 5.41) is 12.4. The fraction of sp³-hybridized carbons (Fsp3) is 0.326. The lowest BCUT2D eigenvalue weighted by molar-refractivity contribution is -0.243. The van der Waals surface area contributed by atoms with Crippen molar-refractivity contribution >= 4 is 5.97 Å². The number of aliphatic hydroxyl groups excluding tert-OH is 1. The van der Waals surface area contributed by atoms with Crippen LogP contribution in [0, 0.1) is 5.92 Å². The first-order valence-corrected chi connectivity index (χ1v) is 18.5. The lowest BCUT2D eigenvalue weighted by Gasteiger charge is -2.39. The van der Waals surface area contributed by atoms with Crippen LogP contribution in [0.4, 0.5) is 0 Å². The summed E-state index contributed by atoms with van der Waals surface area (Å²) in [7, 11) is 2.87. The van der Waals surface area contributed by atoms with Crippen molar-refractivity contribution in [2.45, 2.75) is 63.2 Å². The van der Waals surface area contributed by atoms with Gasteiger partial charge in [-0.05, 0) is 34.2 Å². The quantitative estimate of drug-likeness (QED) is 0.0331. The van der Waals surface area contributed by atoms with Crippen LogP contribution >= 0.6 is 0 Å². The van der Waals surface area contributed by atoms with Gasteiger partial charge in [0.15, 0.2) is 6.29 Å². The second kappa shape index (κ2) is 21.3. The molecule has 0 aromatic heterocycles. The highest BCUT2D eigenvalue weighted by Crippen LogP contribution is 2.41. The fourth-order valence-electron chi connectivity index (χ4n) is 6.59. The van der Waals surface area contributed by atoms with Crippen LogP contribution in [0.2, 0.25) is 0 Å². The third-order valence-corrected chi connectivity index (χ3v) is 9.44. The Hall–Kier alpha value is -4.67. The van der Waals surface area contributed by atoms with Gasteiger partial charge >= 0.3 is 5.97 Å². The van der Waals surface area contributed by atoms with Crippen LogP contribution < -0.4 is 0 Å². The molecular formula is C46H52O8. The zero-order chi connectivity index (χ0) is 38.0. The molecule has 0 aliphatic carbocycles. The maximum atomic E-state index is 12.4. The van der Waals surface area contributed by atoms with E-state index >= 15 is 0 Å². The summed E-state index contributed by atoms with van der Waals surface area (Å²) < 4.78 is 37.1. The van der Waals surface area contributed by atoms with E-state index in [1.54, 1.807) is 0 Å². The number of rotatable bonds is 22. The lowest BCUT2D eigenvalue weighted by atomic mass is 9.80. The van der Waals surface area contributed by atoms with Crippen LogP contribution in [-0.2, 0) is 52.0 Å². The van der Waals surface area contributed by atoms with Crippen LogP contribution in [0.1, 0.15) is 47.6 Å². The maximum Gasteiger partial charge on any atom is 0.305 e. The van der Waals surface area contributed by atoms with Gasteiger partial charge in [0.25, 0.3) is 0 Å². The van der Waals surface area contributed by atoms with Crippen molar-refractivity contribution < 1.29 is 38.3 Å². The van der Waals surface area contributed by atoms with E-state index < -0.39 is 30.2 Å². The number of hydrogen-bond donors (Lipinski definition) is 1. The third kappa shape index (κ3) is 10.9. The Morgan fingerprint density at radius 3 is 1.46 bits per heavy atom. The van der Waals surface area contributed by atoms with E-state index in [0.717, 1.165) is 27.8 Å². The second-order valence-corrected chi connectivity index (χ2v) is 13.2. The minimum absolute atomic E-state index is 0.188. The van der Waals surface area contributed by atoms with Crippen molar-refractivity contribution in [2.24, 2.45) is 5.92 Å². The van der Waals surface area contributed by atoms with Gasteiger partial charge in [0.1, 0.15) is 17.8 Å². The van der Waals surface area contributed by atoms with Gasteiger partial charge in [0.05, 0.1) is 39.6 Å². The Morgan fingerprint density at radius 1 is 0.611 bits per heavy atom. The van der Waals surface area contributed by atoms with E-state index in [-0.39, 0.29) is 44.7 Å². The number of carbonyl (C=O) groups excluding carboxylic acids is 1.